The zero-order chi connectivity index (χ0) is 15.4. The molecule has 0 unspecified atom stereocenters. The van der Waals surface area contributed by atoms with Crippen LogP contribution in [0.3, 0.4) is 0 Å². The van der Waals surface area contributed by atoms with Crippen molar-refractivity contribution >= 4 is 40.3 Å². The van der Waals surface area contributed by atoms with E-state index >= 15 is 0 Å². The summed E-state index contributed by atoms with van der Waals surface area (Å²) in [7, 11) is 0. The third-order valence-electron chi connectivity index (χ3n) is 2.43. The molecule has 0 bridgehead atoms. The van der Waals surface area contributed by atoms with E-state index in [4.69, 9.17) is 14.4 Å². The van der Waals surface area contributed by atoms with E-state index in [1.807, 2.05) is 22.6 Å². The summed E-state index contributed by atoms with van der Waals surface area (Å²) in [6.07, 6.45) is 0. The summed E-state index contributed by atoms with van der Waals surface area (Å²) in [4.78, 5) is 22.6. The molecular formula is C13H11IN2O5. The Hall–Kier alpha value is -2.10. The highest BCUT2D eigenvalue weighted by molar-refractivity contribution is 14.1. The van der Waals surface area contributed by atoms with E-state index in [0.29, 0.717) is 20.9 Å². The fraction of sp³-hybridized carbons (Fsp3) is 0.154. The fourth-order valence-corrected chi connectivity index (χ4v) is 1.99. The molecule has 0 spiro atoms. The first-order valence-corrected chi connectivity index (χ1v) is 6.92. The van der Waals surface area contributed by atoms with Crippen molar-refractivity contribution in [2.75, 3.05) is 11.9 Å². The second kappa shape index (κ2) is 6.57. The van der Waals surface area contributed by atoms with Crippen LogP contribution < -0.4 is 10.1 Å². The molecule has 1 aromatic heterocycles. The lowest BCUT2D eigenvalue weighted by Crippen LogP contribution is -2.20. The van der Waals surface area contributed by atoms with E-state index in [1.165, 1.54) is 12.1 Å². The van der Waals surface area contributed by atoms with Crippen molar-refractivity contribution in [2.24, 2.45) is 0 Å². The summed E-state index contributed by atoms with van der Waals surface area (Å²) in [5.41, 5.74) is 0.0953. The van der Waals surface area contributed by atoms with E-state index in [0.717, 1.165) is 0 Å². The van der Waals surface area contributed by atoms with E-state index in [1.54, 1.807) is 19.1 Å². The van der Waals surface area contributed by atoms with Crippen molar-refractivity contribution in [3.05, 3.63) is 39.2 Å². The first-order valence-electron chi connectivity index (χ1n) is 5.84. The number of ether oxygens (including phenoxy) is 1. The van der Waals surface area contributed by atoms with Crippen LogP contribution in [0.5, 0.6) is 5.75 Å². The third kappa shape index (κ3) is 4.18. The highest BCUT2D eigenvalue weighted by Gasteiger charge is 2.11. The number of halogens is 1. The summed E-state index contributed by atoms with van der Waals surface area (Å²) < 4.78 is 10.9. The van der Waals surface area contributed by atoms with Crippen LogP contribution in [0.2, 0.25) is 0 Å². The van der Waals surface area contributed by atoms with Crippen molar-refractivity contribution in [1.82, 2.24) is 5.16 Å². The largest absolute Gasteiger partial charge is 0.483 e. The molecule has 2 N–H and O–H groups in total. The number of aromatic carboxylic acids is 1. The van der Waals surface area contributed by atoms with Crippen LogP contribution in [0.1, 0.15) is 16.1 Å². The Kier molecular flexibility index (Phi) is 4.78. The van der Waals surface area contributed by atoms with E-state index in [9.17, 15) is 9.59 Å². The molecule has 1 heterocycles. The van der Waals surface area contributed by atoms with Crippen LogP contribution >= 0.6 is 22.6 Å². The molecule has 0 aliphatic rings. The molecular weight excluding hydrogens is 391 g/mol. The van der Waals surface area contributed by atoms with Gasteiger partial charge in [-0.25, -0.2) is 4.79 Å². The lowest BCUT2D eigenvalue weighted by atomic mass is 10.2. The van der Waals surface area contributed by atoms with Crippen molar-refractivity contribution in [2.45, 2.75) is 6.92 Å². The van der Waals surface area contributed by atoms with Gasteiger partial charge in [0.25, 0.3) is 5.91 Å². The van der Waals surface area contributed by atoms with Crippen LogP contribution in [0, 0.1) is 10.5 Å². The monoisotopic (exact) mass is 402 g/mol. The molecule has 0 aliphatic carbocycles. The Bertz CT molecular complexity index is 683. The number of carboxylic acid groups (broad SMARTS) is 1. The molecule has 0 fully saturated rings. The average molecular weight is 402 g/mol. The molecule has 0 saturated carbocycles. The maximum Gasteiger partial charge on any atom is 0.335 e. The summed E-state index contributed by atoms with van der Waals surface area (Å²) in [6, 6.07) is 6.03. The van der Waals surface area contributed by atoms with Gasteiger partial charge in [0, 0.05) is 6.07 Å². The topological polar surface area (TPSA) is 102 Å². The molecule has 2 aromatic rings. The van der Waals surface area contributed by atoms with Gasteiger partial charge in [0.05, 0.1) is 9.13 Å². The Morgan fingerprint density at radius 2 is 2.19 bits per heavy atom. The van der Waals surface area contributed by atoms with E-state index < -0.39 is 11.9 Å². The van der Waals surface area contributed by atoms with Gasteiger partial charge in [-0.1, -0.05) is 5.16 Å². The first-order chi connectivity index (χ1) is 9.95. The molecule has 0 saturated heterocycles. The number of carboxylic acids is 1. The number of amides is 1. The van der Waals surface area contributed by atoms with Crippen molar-refractivity contribution < 1.29 is 24.0 Å². The standard InChI is InChI=1S/C13H11IN2O5/c1-7-4-11(16-21-7)15-12(17)6-20-10-5-8(13(18)19)2-3-9(10)14/h2-5H,6H2,1H3,(H,18,19)(H,15,16,17). The second-order valence-electron chi connectivity index (χ2n) is 4.11. The molecule has 0 aliphatic heterocycles. The Morgan fingerprint density at radius 1 is 1.43 bits per heavy atom. The fourth-order valence-electron chi connectivity index (χ4n) is 1.49. The quantitative estimate of drug-likeness (QED) is 0.745. The summed E-state index contributed by atoms with van der Waals surface area (Å²) in [5.74, 6) is -0.259. The van der Waals surface area contributed by atoms with Gasteiger partial charge < -0.3 is 19.7 Å². The van der Waals surface area contributed by atoms with Crippen LogP contribution in [-0.2, 0) is 4.79 Å². The molecule has 110 valence electrons. The van der Waals surface area contributed by atoms with Gasteiger partial charge in [-0.15, -0.1) is 0 Å². The number of hydrogen-bond donors (Lipinski definition) is 2. The summed E-state index contributed by atoms with van der Waals surface area (Å²) in [6.45, 7) is 1.45. The summed E-state index contributed by atoms with van der Waals surface area (Å²) in [5, 5.41) is 15.0. The van der Waals surface area contributed by atoms with Gasteiger partial charge in [-0.05, 0) is 47.7 Å². The van der Waals surface area contributed by atoms with Crippen molar-refractivity contribution in [3.8, 4) is 5.75 Å². The number of hydrogen-bond acceptors (Lipinski definition) is 5. The molecule has 8 heteroatoms. The van der Waals surface area contributed by atoms with Gasteiger partial charge >= 0.3 is 5.97 Å². The van der Waals surface area contributed by atoms with Gasteiger partial charge in [-0.3, -0.25) is 4.79 Å². The predicted molar refractivity (Wildman–Crippen MR) is 81.5 cm³/mol. The zero-order valence-electron chi connectivity index (χ0n) is 10.9. The smallest absolute Gasteiger partial charge is 0.335 e. The minimum atomic E-state index is -1.06. The first kappa shape index (κ1) is 15.3. The maximum absolute atomic E-state index is 11.7. The SMILES string of the molecule is Cc1cc(NC(=O)COc2cc(C(=O)O)ccc2I)no1. The van der Waals surface area contributed by atoms with Gasteiger partial charge in [0.15, 0.2) is 12.4 Å². The van der Waals surface area contributed by atoms with Crippen LogP contribution in [0.15, 0.2) is 28.8 Å². The molecule has 7 nitrogen and oxygen atoms in total. The summed E-state index contributed by atoms with van der Waals surface area (Å²) >= 11 is 2.00. The van der Waals surface area contributed by atoms with Gasteiger partial charge in [0.2, 0.25) is 0 Å². The Labute approximate surface area is 133 Å². The Morgan fingerprint density at radius 3 is 2.81 bits per heavy atom. The number of anilines is 1. The van der Waals surface area contributed by atoms with Gasteiger partial charge in [0.1, 0.15) is 11.5 Å². The maximum atomic E-state index is 11.7. The number of carbonyl (C=O) groups excluding carboxylic acids is 1. The number of aryl methyl sites for hydroxylation is 1. The predicted octanol–water partition coefficient (Wildman–Crippen LogP) is 2.30. The number of nitrogens with zero attached hydrogens (tertiary/aromatic N) is 1. The molecule has 1 aromatic carbocycles. The number of carbonyl (C=O) groups is 2. The number of benzene rings is 1. The number of rotatable bonds is 5. The van der Waals surface area contributed by atoms with Crippen molar-refractivity contribution in [1.29, 1.82) is 0 Å². The highest BCUT2D eigenvalue weighted by atomic mass is 127. The van der Waals surface area contributed by atoms with Crippen LogP contribution in [0.4, 0.5) is 5.82 Å². The van der Waals surface area contributed by atoms with E-state index in [2.05, 4.69) is 10.5 Å². The third-order valence-corrected chi connectivity index (χ3v) is 3.32. The molecule has 2 rings (SSSR count). The van der Waals surface area contributed by atoms with E-state index in [-0.39, 0.29) is 12.2 Å². The minimum absolute atomic E-state index is 0.0953. The molecule has 0 atom stereocenters. The number of aromatic nitrogens is 1. The van der Waals surface area contributed by atoms with Crippen LogP contribution in [0.25, 0.3) is 0 Å². The minimum Gasteiger partial charge on any atom is -0.483 e. The Balaban J connectivity index is 1.97. The molecule has 0 radical (unpaired) electrons. The van der Waals surface area contributed by atoms with Gasteiger partial charge in [-0.2, -0.15) is 0 Å². The average Bonchev–Trinajstić information content (AvgIpc) is 2.82. The number of nitrogens with one attached hydrogen (secondary N) is 1. The lowest BCUT2D eigenvalue weighted by molar-refractivity contribution is -0.118. The zero-order valence-corrected chi connectivity index (χ0v) is 13.1. The van der Waals surface area contributed by atoms with Crippen LogP contribution in [-0.4, -0.2) is 28.7 Å². The van der Waals surface area contributed by atoms with Crippen molar-refractivity contribution in [3.63, 3.8) is 0 Å². The second-order valence-corrected chi connectivity index (χ2v) is 5.27. The highest BCUT2D eigenvalue weighted by Crippen LogP contribution is 2.22. The lowest BCUT2D eigenvalue weighted by Gasteiger charge is -2.08. The molecule has 1 amide bonds. The normalized spacial score (nSPS) is 10.2. The molecule has 21 heavy (non-hydrogen) atoms.